The predicted octanol–water partition coefficient (Wildman–Crippen LogP) is 3.60. The van der Waals surface area contributed by atoms with Crippen LogP contribution in [0.3, 0.4) is 0 Å². The van der Waals surface area contributed by atoms with Gasteiger partial charge in [0, 0.05) is 13.1 Å². The number of nitrogens with zero attached hydrogens (tertiary/aromatic N) is 1. The lowest BCUT2D eigenvalue weighted by molar-refractivity contribution is -0.00500. The van der Waals surface area contributed by atoms with E-state index in [0.29, 0.717) is 12.7 Å². The Labute approximate surface area is 124 Å². The second kappa shape index (κ2) is 6.87. The van der Waals surface area contributed by atoms with Crippen LogP contribution < -0.4 is 0 Å². The Kier molecular flexibility index (Phi) is 4.68. The average molecular weight is 289 g/mol. The van der Waals surface area contributed by atoms with Crippen molar-refractivity contribution in [1.82, 2.24) is 4.90 Å². The number of hydrogen-bond donors (Lipinski definition) is 0. The Hall–Kier alpha value is -1.65. The van der Waals surface area contributed by atoms with Gasteiger partial charge in [-0.3, -0.25) is 4.90 Å². The number of hydrogen-bond acceptors (Lipinski definition) is 3. The zero-order valence-corrected chi connectivity index (χ0v) is 12.0. The van der Waals surface area contributed by atoms with Gasteiger partial charge in [0.1, 0.15) is 11.6 Å². The third-order valence-corrected chi connectivity index (χ3v) is 3.89. The van der Waals surface area contributed by atoms with Gasteiger partial charge >= 0.3 is 0 Å². The first kappa shape index (κ1) is 14.3. The van der Waals surface area contributed by atoms with Gasteiger partial charge < -0.3 is 9.15 Å². The van der Waals surface area contributed by atoms with E-state index in [9.17, 15) is 4.39 Å². The largest absolute Gasteiger partial charge is 0.468 e. The summed E-state index contributed by atoms with van der Waals surface area (Å²) in [5, 5.41) is 0. The van der Waals surface area contributed by atoms with Crippen molar-refractivity contribution in [2.24, 2.45) is 0 Å². The van der Waals surface area contributed by atoms with E-state index in [0.717, 1.165) is 43.8 Å². The summed E-state index contributed by atoms with van der Waals surface area (Å²) in [6.07, 6.45) is 4.07. The van der Waals surface area contributed by atoms with Crippen LogP contribution in [0.15, 0.2) is 47.1 Å². The van der Waals surface area contributed by atoms with Crippen molar-refractivity contribution in [3.8, 4) is 0 Å². The van der Waals surface area contributed by atoms with Crippen LogP contribution in [-0.4, -0.2) is 24.1 Å². The molecular formula is C17H20FNO2. The summed E-state index contributed by atoms with van der Waals surface area (Å²) >= 11 is 0. The lowest BCUT2D eigenvalue weighted by Gasteiger charge is -2.31. The second-order valence-electron chi connectivity index (χ2n) is 5.49. The number of benzene rings is 1. The Morgan fingerprint density at radius 3 is 2.57 bits per heavy atom. The fraction of sp³-hybridized carbons (Fsp3) is 0.412. The highest BCUT2D eigenvalue weighted by Crippen LogP contribution is 2.18. The molecule has 0 N–H and O–H groups in total. The highest BCUT2D eigenvalue weighted by Gasteiger charge is 2.20. The first-order valence-corrected chi connectivity index (χ1v) is 7.40. The van der Waals surface area contributed by atoms with Crippen molar-refractivity contribution < 1.29 is 13.5 Å². The molecule has 3 nitrogen and oxygen atoms in total. The maximum atomic E-state index is 12.8. The molecule has 0 aliphatic carbocycles. The van der Waals surface area contributed by atoms with Crippen molar-refractivity contribution in [1.29, 1.82) is 0 Å². The van der Waals surface area contributed by atoms with E-state index >= 15 is 0 Å². The topological polar surface area (TPSA) is 25.6 Å². The Morgan fingerprint density at radius 1 is 1.14 bits per heavy atom. The second-order valence-corrected chi connectivity index (χ2v) is 5.49. The van der Waals surface area contributed by atoms with Gasteiger partial charge in [-0.2, -0.15) is 0 Å². The first-order chi connectivity index (χ1) is 10.3. The SMILES string of the molecule is Fc1ccc(COC2CCN(Cc3ccco3)CC2)cc1. The fourth-order valence-corrected chi connectivity index (χ4v) is 2.65. The van der Waals surface area contributed by atoms with Gasteiger partial charge in [-0.15, -0.1) is 0 Å². The van der Waals surface area contributed by atoms with Crippen molar-refractivity contribution in [2.75, 3.05) is 13.1 Å². The Morgan fingerprint density at radius 2 is 1.90 bits per heavy atom. The number of halogens is 1. The third kappa shape index (κ3) is 4.16. The van der Waals surface area contributed by atoms with Gasteiger partial charge in [0.2, 0.25) is 0 Å². The minimum atomic E-state index is -0.204. The predicted molar refractivity (Wildman–Crippen MR) is 78.2 cm³/mol. The van der Waals surface area contributed by atoms with Crippen LogP contribution >= 0.6 is 0 Å². The monoisotopic (exact) mass is 289 g/mol. The molecule has 1 aliphatic rings. The van der Waals surface area contributed by atoms with Gasteiger partial charge in [0.05, 0.1) is 25.5 Å². The molecule has 4 heteroatoms. The number of likely N-dealkylation sites (tertiary alicyclic amines) is 1. The molecule has 1 fully saturated rings. The third-order valence-electron chi connectivity index (χ3n) is 3.89. The number of furan rings is 1. The summed E-state index contributed by atoms with van der Waals surface area (Å²) in [7, 11) is 0. The summed E-state index contributed by atoms with van der Waals surface area (Å²) < 4.78 is 24.1. The summed E-state index contributed by atoms with van der Waals surface area (Å²) in [5.41, 5.74) is 1.02. The van der Waals surface area contributed by atoms with Gasteiger partial charge in [-0.25, -0.2) is 4.39 Å². The van der Waals surface area contributed by atoms with Crippen LogP contribution in [0.2, 0.25) is 0 Å². The molecule has 0 atom stereocenters. The highest BCUT2D eigenvalue weighted by atomic mass is 19.1. The molecule has 1 saturated heterocycles. The Balaban J connectivity index is 1.40. The van der Waals surface area contributed by atoms with Crippen molar-refractivity contribution in [3.63, 3.8) is 0 Å². The van der Waals surface area contributed by atoms with Gasteiger partial charge in [0.15, 0.2) is 0 Å². The number of ether oxygens (including phenoxy) is 1. The van der Waals surface area contributed by atoms with Crippen LogP contribution in [0.4, 0.5) is 4.39 Å². The molecule has 0 saturated carbocycles. The lowest BCUT2D eigenvalue weighted by Crippen LogP contribution is -2.36. The summed E-state index contributed by atoms with van der Waals surface area (Å²) in [6, 6.07) is 10.4. The summed E-state index contributed by atoms with van der Waals surface area (Å²) in [4.78, 5) is 2.39. The van der Waals surface area contributed by atoms with Crippen LogP contribution in [0.5, 0.6) is 0 Å². The first-order valence-electron chi connectivity index (χ1n) is 7.40. The van der Waals surface area contributed by atoms with E-state index < -0.39 is 0 Å². The number of rotatable bonds is 5. The average Bonchev–Trinajstić information content (AvgIpc) is 3.01. The fourth-order valence-electron chi connectivity index (χ4n) is 2.65. The molecule has 1 aromatic carbocycles. The van der Waals surface area contributed by atoms with E-state index in [1.165, 1.54) is 12.1 Å². The van der Waals surface area contributed by atoms with E-state index in [-0.39, 0.29) is 5.82 Å². The summed E-state index contributed by atoms with van der Waals surface area (Å²) in [5.74, 6) is 0.811. The quantitative estimate of drug-likeness (QED) is 0.841. The maximum absolute atomic E-state index is 12.8. The molecular weight excluding hydrogens is 269 g/mol. The zero-order chi connectivity index (χ0) is 14.5. The van der Waals surface area contributed by atoms with Crippen LogP contribution in [0.1, 0.15) is 24.2 Å². The molecule has 2 heterocycles. The Bertz CT molecular complexity index is 530. The van der Waals surface area contributed by atoms with Gasteiger partial charge in [0.25, 0.3) is 0 Å². The molecule has 1 aliphatic heterocycles. The number of piperidine rings is 1. The molecule has 0 unspecified atom stereocenters. The molecule has 0 radical (unpaired) electrons. The van der Waals surface area contributed by atoms with Crippen molar-refractivity contribution in [2.45, 2.75) is 32.1 Å². The lowest BCUT2D eigenvalue weighted by atomic mass is 10.1. The molecule has 0 bridgehead atoms. The molecule has 1 aromatic heterocycles. The molecule has 112 valence electrons. The van der Waals surface area contributed by atoms with E-state index in [1.54, 1.807) is 18.4 Å². The summed E-state index contributed by atoms with van der Waals surface area (Å²) in [6.45, 7) is 3.48. The standard InChI is InChI=1S/C17H20FNO2/c18-15-5-3-14(4-6-15)13-21-16-7-9-19(10-8-16)12-17-2-1-11-20-17/h1-6,11,16H,7-10,12-13H2. The smallest absolute Gasteiger partial charge is 0.123 e. The van der Waals surface area contributed by atoms with Crippen LogP contribution in [-0.2, 0) is 17.9 Å². The molecule has 21 heavy (non-hydrogen) atoms. The van der Waals surface area contributed by atoms with E-state index in [1.807, 2.05) is 12.1 Å². The minimum absolute atomic E-state index is 0.204. The molecule has 3 rings (SSSR count). The van der Waals surface area contributed by atoms with Gasteiger partial charge in [-0.05, 0) is 42.7 Å². The molecule has 0 spiro atoms. The van der Waals surface area contributed by atoms with Crippen LogP contribution in [0.25, 0.3) is 0 Å². The van der Waals surface area contributed by atoms with E-state index in [4.69, 9.17) is 9.15 Å². The minimum Gasteiger partial charge on any atom is -0.468 e. The van der Waals surface area contributed by atoms with E-state index in [2.05, 4.69) is 4.90 Å². The maximum Gasteiger partial charge on any atom is 0.123 e. The van der Waals surface area contributed by atoms with Crippen LogP contribution in [0, 0.1) is 5.82 Å². The van der Waals surface area contributed by atoms with Crippen molar-refractivity contribution in [3.05, 3.63) is 59.8 Å². The highest BCUT2D eigenvalue weighted by molar-refractivity contribution is 5.15. The normalized spacial score (nSPS) is 17.2. The molecule has 0 amide bonds. The molecule has 2 aromatic rings. The van der Waals surface area contributed by atoms with Crippen molar-refractivity contribution >= 4 is 0 Å². The zero-order valence-electron chi connectivity index (χ0n) is 12.0. The van der Waals surface area contributed by atoms with Gasteiger partial charge in [-0.1, -0.05) is 12.1 Å².